The number of nitrogens with one attached hydrogen (secondary N) is 2. The number of benzene rings is 1. The first-order chi connectivity index (χ1) is 14.7. The van der Waals surface area contributed by atoms with Gasteiger partial charge in [0.25, 0.3) is 11.5 Å². The van der Waals surface area contributed by atoms with Gasteiger partial charge in [-0.05, 0) is 19.1 Å². The summed E-state index contributed by atoms with van der Waals surface area (Å²) < 4.78 is 37.4. The molecule has 0 atom stereocenters. The highest BCUT2D eigenvalue weighted by Crippen LogP contribution is 2.21. The van der Waals surface area contributed by atoms with Crippen LogP contribution in [0.1, 0.15) is 16.1 Å². The number of anilines is 1. The maximum Gasteiger partial charge on any atom is 0.343 e. The number of carbonyl (C=O) groups is 3. The van der Waals surface area contributed by atoms with Crippen molar-refractivity contribution in [3.05, 3.63) is 57.8 Å². The van der Waals surface area contributed by atoms with E-state index in [2.05, 4.69) is 15.6 Å². The van der Waals surface area contributed by atoms with E-state index < -0.39 is 48.1 Å². The molecule has 0 bridgehead atoms. The van der Waals surface area contributed by atoms with Crippen LogP contribution in [0.5, 0.6) is 0 Å². The molecule has 1 aromatic carbocycles. The second kappa shape index (κ2) is 8.73. The first kappa shape index (κ1) is 21.6. The third kappa shape index (κ3) is 4.74. The van der Waals surface area contributed by atoms with Crippen LogP contribution in [0, 0.1) is 18.6 Å². The lowest BCUT2D eigenvalue weighted by molar-refractivity contribution is -0.126. The number of amides is 2. The zero-order chi connectivity index (χ0) is 22.7. The number of fused-ring (bicyclic) bond motifs is 1. The molecule has 2 amide bonds. The minimum atomic E-state index is -1.14. The molecular formula is C19H16F2N4O6. The van der Waals surface area contributed by atoms with E-state index in [0.29, 0.717) is 0 Å². The quantitative estimate of drug-likeness (QED) is 0.554. The molecule has 31 heavy (non-hydrogen) atoms. The molecule has 3 aromatic rings. The fourth-order valence-electron chi connectivity index (χ4n) is 2.65. The Balaban J connectivity index is 1.56. The molecule has 0 saturated carbocycles. The molecule has 0 aliphatic carbocycles. The van der Waals surface area contributed by atoms with Crippen molar-refractivity contribution in [1.82, 2.24) is 14.9 Å². The lowest BCUT2D eigenvalue weighted by Gasteiger charge is -2.08. The number of esters is 1. The lowest BCUT2D eigenvalue weighted by Crippen LogP contribution is -2.35. The Morgan fingerprint density at radius 2 is 1.94 bits per heavy atom. The molecule has 3 rings (SSSR count). The Hall–Kier alpha value is -4.09. The number of aromatic nitrogens is 2. The average molecular weight is 434 g/mol. The van der Waals surface area contributed by atoms with Crippen LogP contribution in [0.4, 0.5) is 14.5 Å². The number of carbonyl (C=O) groups excluding carboxylic acids is 3. The highest BCUT2D eigenvalue weighted by molar-refractivity contribution is 6.04. The van der Waals surface area contributed by atoms with Gasteiger partial charge in [0.15, 0.2) is 18.2 Å². The highest BCUT2D eigenvalue weighted by Gasteiger charge is 2.24. The molecule has 2 N–H and O–H groups in total. The third-order valence-corrected chi connectivity index (χ3v) is 4.14. The van der Waals surface area contributed by atoms with E-state index in [1.54, 1.807) is 0 Å². The summed E-state index contributed by atoms with van der Waals surface area (Å²) >= 11 is 0. The van der Waals surface area contributed by atoms with Gasteiger partial charge in [0.1, 0.15) is 23.0 Å². The number of hydrogen-bond acceptors (Lipinski definition) is 7. The summed E-state index contributed by atoms with van der Waals surface area (Å²) in [5, 5.41) is 4.40. The van der Waals surface area contributed by atoms with Crippen LogP contribution >= 0.6 is 0 Å². The van der Waals surface area contributed by atoms with Crippen LogP contribution in [0.15, 0.2) is 33.7 Å². The van der Waals surface area contributed by atoms with Crippen LogP contribution in [-0.4, -0.2) is 40.5 Å². The normalized spacial score (nSPS) is 10.7. The summed E-state index contributed by atoms with van der Waals surface area (Å²) in [4.78, 5) is 52.2. The number of furan rings is 1. The van der Waals surface area contributed by atoms with E-state index >= 15 is 0 Å². The highest BCUT2D eigenvalue weighted by atomic mass is 19.2. The van der Waals surface area contributed by atoms with Crippen molar-refractivity contribution in [2.45, 2.75) is 6.92 Å². The second-order valence-electron chi connectivity index (χ2n) is 6.40. The number of halogens is 2. The molecule has 12 heteroatoms. The predicted octanol–water partition coefficient (Wildman–Crippen LogP) is 1.02. The smallest absolute Gasteiger partial charge is 0.343 e. The van der Waals surface area contributed by atoms with E-state index in [4.69, 9.17) is 9.15 Å². The third-order valence-electron chi connectivity index (χ3n) is 4.14. The molecule has 0 fully saturated rings. The molecule has 2 heterocycles. The topological polar surface area (TPSA) is 133 Å². The number of nitrogens with zero attached hydrogens (tertiary/aromatic N) is 2. The Labute approximate surface area is 172 Å². The number of hydrogen-bond donors (Lipinski definition) is 2. The number of ether oxygens (including phenoxy) is 1. The molecular weight excluding hydrogens is 418 g/mol. The fraction of sp³-hybridized carbons (Fsp3) is 0.211. The monoisotopic (exact) mass is 434 g/mol. The summed E-state index contributed by atoms with van der Waals surface area (Å²) in [5.41, 5.74) is -0.701. The minimum Gasteiger partial charge on any atom is -0.452 e. The zero-order valence-corrected chi connectivity index (χ0v) is 16.3. The molecule has 10 nitrogen and oxygen atoms in total. The van der Waals surface area contributed by atoms with Gasteiger partial charge in [-0.15, -0.1) is 0 Å². The van der Waals surface area contributed by atoms with Crippen molar-refractivity contribution in [2.75, 3.05) is 18.5 Å². The number of rotatable bonds is 6. The van der Waals surface area contributed by atoms with Gasteiger partial charge in [0.05, 0.1) is 6.54 Å². The molecule has 0 saturated heterocycles. The summed E-state index contributed by atoms with van der Waals surface area (Å²) in [5.74, 6) is -4.59. The maximum absolute atomic E-state index is 13.1. The molecule has 0 aliphatic heterocycles. The van der Waals surface area contributed by atoms with Gasteiger partial charge in [-0.3, -0.25) is 14.4 Å². The van der Waals surface area contributed by atoms with E-state index in [1.165, 1.54) is 20.3 Å². The predicted molar refractivity (Wildman–Crippen MR) is 102 cm³/mol. The van der Waals surface area contributed by atoms with E-state index in [-0.39, 0.29) is 28.1 Å². The van der Waals surface area contributed by atoms with Crippen LogP contribution < -0.4 is 16.2 Å². The first-order valence-electron chi connectivity index (χ1n) is 8.81. The maximum atomic E-state index is 13.1. The van der Waals surface area contributed by atoms with Crippen molar-refractivity contribution >= 4 is 34.6 Å². The molecule has 0 radical (unpaired) electrons. The minimum absolute atomic E-state index is 0.00192. The standard InChI is InChI=1S/C19H16F2N4O6/c1-9-15(16-17(31-9)23-8-25(2)18(16)28)19(29)30-7-14(27)22-6-13(26)24-10-3-4-11(20)12(21)5-10/h3-5,8H,6-7H2,1-2H3,(H,22,27)(H,24,26). The molecule has 162 valence electrons. The van der Waals surface area contributed by atoms with Crippen LogP contribution in [0.2, 0.25) is 0 Å². The van der Waals surface area contributed by atoms with Gasteiger partial charge < -0.3 is 24.4 Å². The Kier molecular flexibility index (Phi) is 6.09. The Morgan fingerprint density at radius 3 is 2.65 bits per heavy atom. The van der Waals surface area contributed by atoms with Crippen molar-refractivity contribution in [3.8, 4) is 0 Å². The summed E-state index contributed by atoms with van der Waals surface area (Å²) in [6.45, 7) is 0.206. The van der Waals surface area contributed by atoms with Gasteiger partial charge >= 0.3 is 5.97 Å². The molecule has 0 spiro atoms. The first-order valence-corrected chi connectivity index (χ1v) is 8.81. The SMILES string of the molecule is Cc1oc2ncn(C)c(=O)c2c1C(=O)OCC(=O)NCC(=O)Nc1ccc(F)c(F)c1. The molecule has 2 aromatic heterocycles. The summed E-state index contributed by atoms with van der Waals surface area (Å²) in [7, 11) is 1.45. The van der Waals surface area contributed by atoms with E-state index in [9.17, 15) is 28.0 Å². The largest absolute Gasteiger partial charge is 0.452 e. The van der Waals surface area contributed by atoms with Gasteiger partial charge in [0, 0.05) is 18.8 Å². The van der Waals surface area contributed by atoms with E-state index in [1.807, 2.05) is 0 Å². The number of aryl methyl sites for hydroxylation is 2. The van der Waals surface area contributed by atoms with Crippen LogP contribution in [0.25, 0.3) is 11.1 Å². The molecule has 0 unspecified atom stereocenters. The van der Waals surface area contributed by atoms with Crippen molar-refractivity contribution in [3.63, 3.8) is 0 Å². The average Bonchev–Trinajstić information content (AvgIpc) is 3.07. The molecule has 0 aliphatic rings. The second-order valence-corrected chi connectivity index (χ2v) is 6.40. The summed E-state index contributed by atoms with van der Waals surface area (Å²) in [6.07, 6.45) is 1.24. The van der Waals surface area contributed by atoms with Gasteiger partial charge in [0.2, 0.25) is 11.6 Å². The van der Waals surface area contributed by atoms with Gasteiger partial charge in [-0.25, -0.2) is 18.6 Å². The Morgan fingerprint density at radius 1 is 1.19 bits per heavy atom. The fourth-order valence-corrected chi connectivity index (χ4v) is 2.65. The van der Waals surface area contributed by atoms with Crippen LogP contribution in [0.3, 0.4) is 0 Å². The van der Waals surface area contributed by atoms with Crippen LogP contribution in [-0.2, 0) is 21.4 Å². The zero-order valence-electron chi connectivity index (χ0n) is 16.3. The van der Waals surface area contributed by atoms with Crippen molar-refractivity contribution < 1.29 is 32.3 Å². The van der Waals surface area contributed by atoms with Gasteiger partial charge in [-0.2, -0.15) is 0 Å². The lowest BCUT2D eigenvalue weighted by atomic mass is 10.2. The summed E-state index contributed by atoms with van der Waals surface area (Å²) in [6, 6.07) is 2.78. The van der Waals surface area contributed by atoms with Crippen molar-refractivity contribution in [1.29, 1.82) is 0 Å². The Bertz CT molecular complexity index is 1250. The van der Waals surface area contributed by atoms with E-state index in [0.717, 1.165) is 22.8 Å². The van der Waals surface area contributed by atoms with Crippen molar-refractivity contribution in [2.24, 2.45) is 7.05 Å². The van der Waals surface area contributed by atoms with Gasteiger partial charge in [-0.1, -0.05) is 0 Å².